The molecule has 396 valence electrons. The van der Waals surface area contributed by atoms with Crippen LogP contribution in [0.25, 0.3) is 0 Å². The van der Waals surface area contributed by atoms with E-state index in [4.69, 9.17) is 28.7 Å². The Kier molecular flexibility index (Phi) is 28.3. The Hall–Kier alpha value is -7.23. The lowest BCUT2D eigenvalue weighted by Crippen LogP contribution is -2.60. The minimum atomic E-state index is -1.69. The van der Waals surface area contributed by atoms with Gasteiger partial charge < -0.3 is 81.2 Å². The predicted molar refractivity (Wildman–Crippen MR) is 258 cm³/mol. The molecule has 0 spiro atoms. The second-order valence-electron chi connectivity index (χ2n) is 16.7. The van der Waals surface area contributed by atoms with E-state index in [9.17, 15) is 68.1 Å². The van der Waals surface area contributed by atoms with Gasteiger partial charge in [-0.3, -0.25) is 52.9 Å². The van der Waals surface area contributed by atoms with Gasteiger partial charge in [0.25, 0.3) is 0 Å². The summed E-state index contributed by atoms with van der Waals surface area (Å²) in [6.45, 7) is 2.92. The molecule has 28 heteroatoms. The monoisotopic (exact) mass is 1020 g/mol. The highest BCUT2D eigenvalue weighted by atomic mass is 32.2. The second kappa shape index (κ2) is 32.6. The number of aliphatic carboxylic acids is 2. The van der Waals surface area contributed by atoms with Gasteiger partial charge in [-0.1, -0.05) is 26.0 Å². The Morgan fingerprint density at radius 1 is 0.577 bits per heavy atom. The van der Waals surface area contributed by atoms with Gasteiger partial charge in [-0.25, -0.2) is 4.79 Å². The Morgan fingerprint density at radius 2 is 0.986 bits per heavy atom. The number of phenols is 1. The number of rotatable bonds is 35. The summed E-state index contributed by atoms with van der Waals surface area (Å²) < 4.78 is 0. The molecule has 0 saturated heterocycles. The number of hydrogen-bond acceptors (Lipinski definition) is 15. The molecule has 0 aliphatic heterocycles. The van der Waals surface area contributed by atoms with Gasteiger partial charge in [0, 0.05) is 32.2 Å². The largest absolute Gasteiger partial charge is 0.508 e. The smallest absolute Gasteiger partial charge is 0.326 e. The average Bonchev–Trinajstić information content (AvgIpc) is 3.29. The van der Waals surface area contributed by atoms with E-state index in [1.165, 1.54) is 36.0 Å². The highest BCUT2D eigenvalue weighted by Crippen LogP contribution is 2.14. The van der Waals surface area contributed by atoms with Crippen LogP contribution in [0.3, 0.4) is 0 Å². The number of nitrogens with zero attached hydrogens (tertiary/aromatic N) is 1. The fourth-order valence-corrected chi connectivity index (χ4v) is 7.05. The number of carbonyl (C=O) groups is 11. The molecule has 7 atom stereocenters. The number of hydrogen-bond donors (Lipinski definition) is 15. The summed E-state index contributed by atoms with van der Waals surface area (Å²) in [7, 11) is 0. The third-order valence-electron chi connectivity index (χ3n) is 10.3. The number of carboxylic acid groups (broad SMARTS) is 2. The van der Waals surface area contributed by atoms with Crippen molar-refractivity contribution in [2.75, 3.05) is 25.1 Å². The number of amides is 9. The number of carbonyl (C=O) groups excluding carboxylic acids is 9. The quantitative estimate of drug-likeness (QED) is 0.0173. The number of aliphatic imine (C=N–C) groups is 1. The van der Waals surface area contributed by atoms with E-state index in [0.717, 1.165) is 0 Å². The minimum absolute atomic E-state index is 0.0101. The summed E-state index contributed by atoms with van der Waals surface area (Å²) in [4.78, 5) is 147. The number of nitrogens with two attached hydrogens (primary N) is 5. The zero-order chi connectivity index (χ0) is 53.8. The van der Waals surface area contributed by atoms with Crippen LogP contribution in [0.2, 0.25) is 0 Å². The van der Waals surface area contributed by atoms with Gasteiger partial charge in [-0.2, -0.15) is 11.8 Å². The molecule has 1 aromatic rings. The first-order valence-corrected chi connectivity index (χ1v) is 23.9. The first-order valence-electron chi connectivity index (χ1n) is 22.5. The first kappa shape index (κ1) is 61.8. The van der Waals surface area contributed by atoms with Crippen LogP contribution in [-0.4, -0.2) is 154 Å². The van der Waals surface area contributed by atoms with Crippen LogP contribution in [0.5, 0.6) is 5.75 Å². The molecule has 20 N–H and O–H groups in total. The molecule has 0 aliphatic carbocycles. The van der Waals surface area contributed by atoms with Crippen molar-refractivity contribution in [3.05, 3.63) is 29.8 Å². The lowest BCUT2D eigenvalue weighted by atomic mass is 10.0. The van der Waals surface area contributed by atoms with Gasteiger partial charge in [0.15, 0.2) is 5.96 Å². The normalized spacial score (nSPS) is 13.8. The van der Waals surface area contributed by atoms with E-state index >= 15 is 0 Å². The average molecular weight is 1020 g/mol. The highest BCUT2D eigenvalue weighted by molar-refractivity contribution is 7.98. The molecule has 0 bridgehead atoms. The molecule has 0 heterocycles. The molecule has 1 aromatic carbocycles. The van der Waals surface area contributed by atoms with E-state index in [0.29, 0.717) is 11.3 Å². The maximum Gasteiger partial charge on any atom is 0.326 e. The summed E-state index contributed by atoms with van der Waals surface area (Å²) in [6, 6.07) is -5.20. The fourth-order valence-electron chi connectivity index (χ4n) is 6.58. The number of benzene rings is 1. The molecule has 0 unspecified atom stereocenters. The van der Waals surface area contributed by atoms with Crippen LogP contribution >= 0.6 is 11.8 Å². The van der Waals surface area contributed by atoms with E-state index in [1.54, 1.807) is 20.1 Å². The number of phenolic OH excluding ortho intramolecular Hbond substituents is 1. The number of carboxylic acids is 2. The second-order valence-corrected chi connectivity index (χ2v) is 17.7. The maximum absolute atomic E-state index is 14.3. The molecule has 0 aliphatic rings. The Labute approximate surface area is 414 Å². The summed E-state index contributed by atoms with van der Waals surface area (Å²) >= 11 is 1.35. The summed E-state index contributed by atoms with van der Waals surface area (Å²) in [6.07, 6.45) is -1.59. The van der Waals surface area contributed by atoms with Gasteiger partial charge in [0.2, 0.25) is 53.2 Å². The molecule has 0 aromatic heterocycles. The van der Waals surface area contributed by atoms with Crippen molar-refractivity contribution in [3.63, 3.8) is 0 Å². The van der Waals surface area contributed by atoms with Crippen molar-refractivity contribution in [2.45, 2.75) is 127 Å². The Balaban J connectivity index is 3.70. The zero-order valence-corrected chi connectivity index (χ0v) is 40.7. The van der Waals surface area contributed by atoms with Gasteiger partial charge in [0.1, 0.15) is 48.0 Å². The number of primary amides is 2. The topological polar surface area (TPSA) is 475 Å². The van der Waals surface area contributed by atoms with Crippen molar-refractivity contribution in [3.8, 4) is 5.75 Å². The van der Waals surface area contributed by atoms with Crippen molar-refractivity contribution >= 4 is 82.8 Å². The zero-order valence-electron chi connectivity index (χ0n) is 39.9. The van der Waals surface area contributed by atoms with E-state index < -0.39 is 146 Å². The molecule has 71 heavy (non-hydrogen) atoms. The molecular weight excluding hydrogens is 955 g/mol. The SMILES string of the molecule is CSCC[C@H](NC(=O)CN)C(=O)N[C@@H](CCC(=O)O)C(=O)N[C@@H](Cc1ccc(O)cc1)C(=O)N[C@@H](CCC(N)=O)C(=O)N[C@@H](CCCN=C(N)N)C(=O)N[C@@H](CCC(N)=O)C(=O)N[C@@H](CC(C)C)C(=O)O. The molecular formula is C43H69N13O14S. The third kappa shape index (κ3) is 25.8. The number of thioether (sulfide) groups is 1. The van der Waals surface area contributed by atoms with Crippen LogP contribution in [0, 0.1) is 5.92 Å². The van der Waals surface area contributed by atoms with Gasteiger partial charge in [0.05, 0.1) is 6.54 Å². The minimum Gasteiger partial charge on any atom is -0.508 e. The van der Waals surface area contributed by atoms with Gasteiger partial charge in [-0.05, 0) is 80.6 Å². The molecule has 0 radical (unpaired) electrons. The van der Waals surface area contributed by atoms with Crippen LogP contribution in [0.15, 0.2) is 29.3 Å². The Morgan fingerprint density at radius 3 is 1.38 bits per heavy atom. The van der Waals surface area contributed by atoms with Crippen LogP contribution < -0.4 is 65.9 Å². The van der Waals surface area contributed by atoms with Crippen LogP contribution in [-0.2, 0) is 59.2 Å². The Bertz CT molecular complexity index is 2040. The summed E-state index contributed by atoms with van der Waals surface area (Å²) in [5.74, 6) is -11.5. The number of guanidine groups is 1. The van der Waals surface area contributed by atoms with Crippen molar-refractivity contribution < 1.29 is 68.1 Å². The molecule has 9 amide bonds. The summed E-state index contributed by atoms with van der Waals surface area (Å²) in [5.41, 5.74) is 27.4. The standard InChI is InChI=1S/C43H69N13O14S/c1-22(2)19-31(42(69)70)56-39(66)27(11-14-33(46)59)52-36(63)25(5-4-17-49-43(47)48)51-37(64)26(10-13-32(45)58)54-41(68)30(20-23-6-8-24(57)9-7-23)55-38(65)28(12-15-35(61)62)53-40(67)29(16-18-71-3)50-34(60)21-44/h6-9,22,25-31,57H,4-5,10-21,44H2,1-3H3,(H2,45,58)(H2,46,59)(H,50,60)(H,51,64)(H,52,63)(H,53,67)(H,54,68)(H,55,65)(H,56,66)(H,61,62)(H,69,70)(H4,47,48,49)/t25-,26-,27-,28-,29-,30-,31-/m0/s1. The maximum atomic E-state index is 14.3. The predicted octanol–water partition coefficient (Wildman–Crippen LogP) is -4.38. The molecule has 1 rings (SSSR count). The molecule has 0 fully saturated rings. The van der Waals surface area contributed by atoms with Crippen molar-refractivity contribution in [1.29, 1.82) is 0 Å². The van der Waals surface area contributed by atoms with Crippen LogP contribution in [0.1, 0.15) is 83.6 Å². The van der Waals surface area contributed by atoms with Gasteiger partial charge >= 0.3 is 11.9 Å². The first-order chi connectivity index (χ1) is 33.4. The molecule has 27 nitrogen and oxygen atoms in total. The fraction of sp³-hybridized carbons (Fsp3) is 0.581. The number of aromatic hydroxyl groups is 1. The third-order valence-corrected chi connectivity index (χ3v) is 10.9. The lowest BCUT2D eigenvalue weighted by Gasteiger charge is -2.28. The van der Waals surface area contributed by atoms with Crippen molar-refractivity contribution in [1.82, 2.24) is 37.2 Å². The van der Waals surface area contributed by atoms with Crippen molar-refractivity contribution in [2.24, 2.45) is 39.6 Å². The molecule has 0 saturated carbocycles. The highest BCUT2D eigenvalue weighted by Gasteiger charge is 2.35. The van der Waals surface area contributed by atoms with Gasteiger partial charge in [-0.15, -0.1) is 0 Å². The number of nitrogens with one attached hydrogen (secondary N) is 7. The van der Waals surface area contributed by atoms with E-state index in [1.807, 2.05) is 0 Å². The van der Waals surface area contributed by atoms with E-state index in [-0.39, 0.29) is 62.7 Å². The van der Waals surface area contributed by atoms with E-state index in [2.05, 4.69) is 42.2 Å². The van der Waals surface area contributed by atoms with Crippen LogP contribution in [0.4, 0.5) is 0 Å². The lowest BCUT2D eigenvalue weighted by molar-refractivity contribution is -0.143. The summed E-state index contributed by atoms with van der Waals surface area (Å²) in [5, 5.41) is 46.2.